The largest absolute Gasteiger partial charge is 0.508 e. The number of phenols is 1. The van der Waals surface area contributed by atoms with Crippen molar-refractivity contribution in [3.8, 4) is 5.75 Å². The highest BCUT2D eigenvalue weighted by molar-refractivity contribution is 7.09. The SMILES string of the molecule is NC(=O)c1nsc(C(=O)N(c2ccccc2)[C@H](C(=O)NCc2ccc(F)cc2)c2ccc(O)cc2)c1N. The van der Waals surface area contributed by atoms with Crippen molar-refractivity contribution in [3.05, 3.63) is 106 Å². The first kappa shape index (κ1) is 25.3. The molecule has 4 rings (SSSR count). The molecule has 1 aromatic heterocycles. The maximum absolute atomic E-state index is 13.9. The number of primary amides is 1. The minimum Gasteiger partial charge on any atom is -0.508 e. The molecule has 37 heavy (non-hydrogen) atoms. The number of nitrogens with two attached hydrogens (primary N) is 2. The number of nitrogen functional groups attached to an aromatic ring is 1. The smallest absolute Gasteiger partial charge is 0.273 e. The third kappa shape index (κ3) is 5.57. The van der Waals surface area contributed by atoms with E-state index in [9.17, 15) is 23.9 Å². The fourth-order valence-electron chi connectivity index (χ4n) is 3.67. The molecule has 0 aliphatic heterocycles. The fraction of sp³-hybridized carbons (Fsp3) is 0.0769. The number of carbonyl (C=O) groups is 3. The highest BCUT2D eigenvalue weighted by Crippen LogP contribution is 2.33. The minimum atomic E-state index is -1.21. The maximum atomic E-state index is 13.9. The van der Waals surface area contributed by atoms with Crippen molar-refractivity contribution in [2.45, 2.75) is 12.6 Å². The number of amides is 3. The zero-order chi connectivity index (χ0) is 26.5. The monoisotopic (exact) mass is 519 g/mol. The number of phenolic OH excluding ortho intramolecular Hbond substituents is 1. The van der Waals surface area contributed by atoms with Crippen molar-refractivity contribution in [2.75, 3.05) is 10.6 Å². The number of anilines is 2. The number of hydrogen-bond donors (Lipinski definition) is 4. The Balaban J connectivity index is 1.79. The quantitative estimate of drug-likeness (QED) is 0.280. The number of rotatable bonds is 8. The summed E-state index contributed by atoms with van der Waals surface area (Å²) in [7, 11) is 0. The summed E-state index contributed by atoms with van der Waals surface area (Å²) < 4.78 is 17.2. The number of nitrogens with zero attached hydrogens (tertiary/aromatic N) is 2. The van der Waals surface area contributed by atoms with E-state index in [4.69, 9.17) is 11.5 Å². The highest BCUT2D eigenvalue weighted by atomic mass is 32.1. The van der Waals surface area contributed by atoms with Gasteiger partial charge >= 0.3 is 0 Å². The summed E-state index contributed by atoms with van der Waals surface area (Å²) in [6, 6.07) is 18.7. The molecule has 0 aliphatic rings. The van der Waals surface area contributed by atoms with Crippen molar-refractivity contribution in [1.82, 2.24) is 9.69 Å². The molecular formula is C26H22FN5O4S. The van der Waals surface area contributed by atoms with Gasteiger partial charge in [-0.1, -0.05) is 42.5 Å². The average Bonchev–Trinajstić information content (AvgIpc) is 3.29. The van der Waals surface area contributed by atoms with E-state index in [1.165, 1.54) is 53.4 Å². The standard InChI is InChI=1S/C26H22FN5O4S/c27-17-10-6-15(7-11-17)14-30-25(35)22(16-8-12-19(33)13-9-16)32(18-4-2-1-3-5-18)26(36)23-20(28)21(24(29)34)31-37-23/h1-13,22,33H,14,28H2,(H2,29,34)(H,30,35)/t22-/m0/s1. The second-order valence-electron chi connectivity index (χ2n) is 7.99. The lowest BCUT2D eigenvalue weighted by Crippen LogP contribution is -2.44. The molecule has 0 spiro atoms. The van der Waals surface area contributed by atoms with E-state index in [-0.39, 0.29) is 28.6 Å². The molecule has 0 saturated heterocycles. The molecule has 0 saturated carbocycles. The average molecular weight is 520 g/mol. The van der Waals surface area contributed by atoms with E-state index < -0.39 is 29.6 Å². The van der Waals surface area contributed by atoms with Crippen LogP contribution in [0.15, 0.2) is 78.9 Å². The molecular weight excluding hydrogens is 497 g/mol. The normalized spacial score (nSPS) is 11.5. The van der Waals surface area contributed by atoms with Crippen LogP contribution in [0.4, 0.5) is 15.8 Å². The van der Waals surface area contributed by atoms with Gasteiger partial charge in [0.2, 0.25) is 5.91 Å². The first-order valence-corrected chi connectivity index (χ1v) is 11.8. The lowest BCUT2D eigenvalue weighted by molar-refractivity contribution is -0.122. The zero-order valence-electron chi connectivity index (χ0n) is 19.3. The summed E-state index contributed by atoms with van der Waals surface area (Å²) in [5, 5.41) is 12.6. The predicted molar refractivity (Wildman–Crippen MR) is 137 cm³/mol. The second kappa shape index (κ2) is 10.9. The van der Waals surface area contributed by atoms with E-state index in [2.05, 4.69) is 9.69 Å². The Labute approximate surface area is 215 Å². The van der Waals surface area contributed by atoms with Crippen LogP contribution in [0.5, 0.6) is 5.75 Å². The Morgan fingerprint density at radius 2 is 1.65 bits per heavy atom. The van der Waals surface area contributed by atoms with Gasteiger partial charge in [0, 0.05) is 12.2 Å². The number of aromatic nitrogens is 1. The van der Waals surface area contributed by atoms with Crippen LogP contribution < -0.4 is 21.7 Å². The summed E-state index contributed by atoms with van der Waals surface area (Å²) in [6.45, 7) is 0.0685. The maximum Gasteiger partial charge on any atom is 0.273 e. The van der Waals surface area contributed by atoms with E-state index in [1.54, 1.807) is 30.3 Å². The van der Waals surface area contributed by atoms with Crippen LogP contribution in [-0.2, 0) is 11.3 Å². The number of aromatic hydroxyl groups is 1. The molecule has 6 N–H and O–H groups in total. The molecule has 0 fully saturated rings. The summed E-state index contributed by atoms with van der Waals surface area (Å²) in [6.07, 6.45) is 0. The summed E-state index contributed by atoms with van der Waals surface area (Å²) >= 11 is 0.700. The van der Waals surface area contributed by atoms with Crippen LogP contribution in [0.1, 0.15) is 37.3 Å². The Bertz CT molecular complexity index is 1430. The van der Waals surface area contributed by atoms with Gasteiger partial charge in [0.15, 0.2) is 5.69 Å². The zero-order valence-corrected chi connectivity index (χ0v) is 20.1. The van der Waals surface area contributed by atoms with Crippen LogP contribution in [-0.4, -0.2) is 27.2 Å². The molecule has 0 aliphatic carbocycles. The molecule has 1 heterocycles. The van der Waals surface area contributed by atoms with E-state index in [0.717, 1.165) is 0 Å². The third-order valence-corrected chi connectivity index (χ3v) is 6.36. The van der Waals surface area contributed by atoms with Crippen LogP contribution in [0.2, 0.25) is 0 Å². The van der Waals surface area contributed by atoms with Crippen molar-refractivity contribution in [2.24, 2.45) is 5.73 Å². The molecule has 11 heteroatoms. The van der Waals surface area contributed by atoms with Crippen LogP contribution in [0.3, 0.4) is 0 Å². The number of halogens is 1. The molecule has 188 valence electrons. The number of benzene rings is 3. The topological polar surface area (TPSA) is 152 Å². The first-order chi connectivity index (χ1) is 17.8. The molecule has 0 bridgehead atoms. The van der Waals surface area contributed by atoms with Gasteiger partial charge in [0.05, 0.1) is 5.69 Å². The number of carbonyl (C=O) groups excluding carboxylic acids is 3. The lowest BCUT2D eigenvalue weighted by atomic mass is 10.0. The van der Waals surface area contributed by atoms with Gasteiger partial charge in [0.25, 0.3) is 11.8 Å². The number of nitrogens with one attached hydrogen (secondary N) is 1. The molecule has 0 radical (unpaired) electrons. The van der Waals surface area contributed by atoms with Crippen molar-refractivity contribution < 1.29 is 23.9 Å². The van der Waals surface area contributed by atoms with Gasteiger partial charge < -0.3 is 21.9 Å². The summed E-state index contributed by atoms with van der Waals surface area (Å²) in [4.78, 5) is 40.4. The lowest BCUT2D eigenvalue weighted by Gasteiger charge is -2.31. The Morgan fingerprint density at radius 3 is 2.24 bits per heavy atom. The molecule has 4 aromatic rings. The van der Waals surface area contributed by atoms with Gasteiger partial charge in [-0.2, -0.15) is 4.37 Å². The summed E-state index contributed by atoms with van der Waals surface area (Å²) in [5.74, 6) is -2.54. The first-order valence-electron chi connectivity index (χ1n) is 11.0. The molecule has 0 unspecified atom stereocenters. The van der Waals surface area contributed by atoms with Gasteiger partial charge in [-0.3, -0.25) is 19.3 Å². The third-order valence-electron chi connectivity index (χ3n) is 5.50. The predicted octanol–water partition coefficient (Wildman–Crippen LogP) is 3.37. The molecule has 3 aromatic carbocycles. The fourth-order valence-corrected chi connectivity index (χ4v) is 4.42. The van der Waals surface area contributed by atoms with Gasteiger partial charge in [-0.15, -0.1) is 0 Å². The number of hydrogen-bond acceptors (Lipinski definition) is 7. The van der Waals surface area contributed by atoms with E-state index >= 15 is 0 Å². The van der Waals surface area contributed by atoms with Crippen molar-refractivity contribution >= 4 is 40.6 Å². The molecule has 1 atom stereocenters. The van der Waals surface area contributed by atoms with Crippen molar-refractivity contribution in [1.29, 1.82) is 0 Å². The van der Waals surface area contributed by atoms with Crippen molar-refractivity contribution in [3.63, 3.8) is 0 Å². The van der Waals surface area contributed by atoms with Gasteiger partial charge in [0.1, 0.15) is 22.5 Å². The minimum absolute atomic E-state index is 0.0235. The molecule has 3 amide bonds. The van der Waals surface area contributed by atoms with Gasteiger partial charge in [-0.25, -0.2) is 4.39 Å². The van der Waals surface area contributed by atoms with E-state index in [0.29, 0.717) is 28.3 Å². The van der Waals surface area contributed by atoms with Crippen LogP contribution in [0, 0.1) is 5.82 Å². The van der Waals surface area contributed by atoms with Crippen LogP contribution in [0.25, 0.3) is 0 Å². The second-order valence-corrected chi connectivity index (χ2v) is 8.76. The Hall–Kier alpha value is -4.77. The van der Waals surface area contributed by atoms with Gasteiger partial charge in [-0.05, 0) is 59.1 Å². The Kier molecular flexibility index (Phi) is 7.44. The molecule has 9 nitrogen and oxygen atoms in total. The highest BCUT2D eigenvalue weighted by Gasteiger charge is 2.36. The van der Waals surface area contributed by atoms with E-state index in [1.807, 2.05) is 0 Å². The Morgan fingerprint density at radius 1 is 1.00 bits per heavy atom. The van der Waals surface area contributed by atoms with Crippen LogP contribution >= 0.6 is 11.5 Å². The number of para-hydroxylation sites is 1. The summed E-state index contributed by atoms with van der Waals surface area (Å²) in [5.41, 5.74) is 12.4.